The van der Waals surface area contributed by atoms with E-state index >= 15 is 0 Å². The molecule has 0 fully saturated rings. The van der Waals surface area contributed by atoms with Gasteiger partial charge in [-0.2, -0.15) is 0 Å². The second kappa shape index (κ2) is 5.08. The Balaban J connectivity index is 3.28. The molecule has 0 aliphatic heterocycles. The molecular weight excluding hydrogens is 172 g/mol. The lowest BCUT2D eigenvalue weighted by Gasteiger charge is -2.17. The maximum absolute atomic E-state index is 5.33. The highest BCUT2D eigenvalue weighted by Gasteiger charge is 2.12. The van der Waals surface area contributed by atoms with E-state index in [1.807, 2.05) is 6.92 Å². The van der Waals surface area contributed by atoms with Crippen molar-refractivity contribution < 1.29 is 9.16 Å². The van der Waals surface area contributed by atoms with Gasteiger partial charge in [-0.05, 0) is 13.0 Å². The van der Waals surface area contributed by atoms with Gasteiger partial charge >= 0.3 is 0 Å². The molecule has 0 saturated carbocycles. The van der Waals surface area contributed by atoms with Crippen LogP contribution in [-0.2, 0) is 9.16 Å². The molecule has 0 N–H and O–H groups in total. The lowest BCUT2D eigenvalue weighted by molar-refractivity contribution is -0.0575. The molecule has 2 nitrogen and oxygen atoms in total. The molecule has 3 radical (unpaired) electrons. The molecule has 4 heteroatoms. The average Bonchev–Trinajstić information content (AvgIpc) is 1.85. The summed E-state index contributed by atoms with van der Waals surface area (Å²) < 4.78 is 10.1. The van der Waals surface area contributed by atoms with Crippen molar-refractivity contribution in [2.75, 3.05) is 6.61 Å². The van der Waals surface area contributed by atoms with Crippen molar-refractivity contribution in [3.05, 3.63) is 0 Å². The van der Waals surface area contributed by atoms with Gasteiger partial charge in [-0.3, -0.25) is 0 Å². The van der Waals surface area contributed by atoms with Gasteiger partial charge in [0.2, 0.25) is 10.5 Å². The predicted octanol–water partition coefficient (Wildman–Crippen LogP) is 1.79. The Morgan fingerprint density at radius 3 is 2.27 bits per heavy atom. The van der Waals surface area contributed by atoms with Gasteiger partial charge in [-0.15, -0.1) is 0 Å². The minimum atomic E-state index is -0.933. The molecular formula is C7H17O2Si2. The monoisotopic (exact) mass is 189 g/mol. The molecule has 65 valence electrons. The summed E-state index contributed by atoms with van der Waals surface area (Å²) in [4.78, 5) is 0. The summed E-state index contributed by atoms with van der Waals surface area (Å²) in [5.41, 5.74) is 0. The Labute approximate surface area is 73.8 Å². The normalized spacial score (nSPS) is 15.0. The number of hydrogen-bond donors (Lipinski definition) is 0. The zero-order valence-corrected chi connectivity index (χ0v) is 9.81. The van der Waals surface area contributed by atoms with Crippen LogP contribution in [0.15, 0.2) is 0 Å². The van der Waals surface area contributed by atoms with E-state index in [1.54, 1.807) is 0 Å². The number of hydrogen-bond acceptors (Lipinski definition) is 2. The first-order valence-corrected chi connectivity index (χ1v) is 8.01. The van der Waals surface area contributed by atoms with E-state index in [2.05, 4.69) is 30.1 Å². The summed E-state index contributed by atoms with van der Waals surface area (Å²) >= 11 is 0. The molecule has 0 bridgehead atoms. The SMILES string of the molecule is CC(O[Si])OCC[Si](C)(C)C. The van der Waals surface area contributed by atoms with Gasteiger partial charge in [0.15, 0.2) is 0 Å². The van der Waals surface area contributed by atoms with Gasteiger partial charge in [0.1, 0.15) is 6.29 Å². The van der Waals surface area contributed by atoms with Gasteiger partial charge in [-0.25, -0.2) is 0 Å². The molecule has 0 aromatic heterocycles. The lowest BCUT2D eigenvalue weighted by atomic mass is 10.7. The Bertz CT molecular complexity index is 101. The highest BCUT2D eigenvalue weighted by Crippen LogP contribution is 2.08. The molecule has 0 rings (SSSR count). The van der Waals surface area contributed by atoms with Gasteiger partial charge in [0.05, 0.1) is 0 Å². The lowest BCUT2D eigenvalue weighted by Crippen LogP contribution is -2.23. The Morgan fingerprint density at radius 1 is 1.36 bits per heavy atom. The van der Waals surface area contributed by atoms with Crippen LogP contribution < -0.4 is 0 Å². The molecule has 1 unspecified atom stereocenters. The Kier molecular flexibility index (Phi) is 5.24. The molecule has 0 aromatic carbocycles. The molecule has 0 aromatic rings. The zero-order valence-electron chi connectivity index (χ0n) is 7.81. The fourth-order valence-electron chi connectivity index (χ4n) is 0.565. The summed E-state index contributed by atoms with van der Waals surface area (Å²) in [5, 5.41) is 0. The highest BCUT2D eigenvalue weighted by molar-refractivity contribution is 6.76. The molecule has 0 amide bonds. The van der Waals surface area contributed by atoms with Gasteiger partial charge in [0.25, 0.3) is 0 Å². The van der Waals surface area contributed by atoms with Gasteiger partial charge in [0, 0.05) is 14.7 Å². The van der Waals surface area contributed by atoms with Crippen molar-refractivity contribution in [3.8, 4) is 0 Å². The average molecular weight is 189 g/mol. The number of ether oxygens (including phenoxy) is 1. The van der Waals surface area contributed by atoms with Crippen LogP contribution in [0, 0.1) is 0 Å². The van der Waals surface area contributed by atoms with E-state index in [-0.39, 0.29) is 6.29 Å². The van der Waals surface area contributed by atoms with Crippen molar-refractivity contribution in [2.24, 2.45) is 0 Å². The van der Waals surface area contributed by atoms with Gasteiger partial charge in [-0.1, -0.05) is 19.6 Å². The van der Waals surface area contributed by atoms with Crippen molar-refractivity contribution in [1.82, 2.24) is 0 Å². The summed E-state index contributed by atoms with van der Waals surface area (Å²) in [7, 11) is 1.99. The van der Waals surface area contributed by atoms with Crippen LogP contribution in [0.2, 0.25) is 25.7 Å². The summed E-state index contributed by atoms with van der Waals surface area (Å²) in [5.74, 6) is 0. The summed E-state index contributed by atoms with van der Waals surface area (Å²) in [6, 6.07) is 1.19. The molecule has 0 saturated heterocycles. The van der Waals surface area contributed by atoms with Crippen molar-refractivity contribution in [3.63, 3.8) is 0 Å². The second-order valence-electron chi connectivity index (χ2n) is 3.87. The van der Waals surface area contributed by atoms with Gasteiger partial charge < -0.3 is 9.16 Å². The topological polar surface area (TPSA) is 18.5 Å². The van der Waals surface area contributed by atoms with Crippen LogP contribution in [0.25, 0.3) is 0 Å². The van der Waals surface area contributed by atoms with Crippen molar-refractivity contribution in [1.29, 1.82) is 0 Å². The predicted molar refractivity (Wildman–Crippen MR) is 50.4 cm³/mol. The molecule has 0 aliphatic rings. The summed E-state index contributed by atoms with van der Waals surface area (Å²) in [6.45, 7) is 9.67. The van der Waals surface area contributed by atoms with E-state index in [0.717, 1.165) is 6.61 Å². The largest absolute Gasteiger partial charge is 0.394 e. The minimum absolute atomic E-state index is 0.136. The first-order chi connectivity index (χ1) is 4.95. The van der Waals surface area contributed by atoms with E-state index in [1.165, 1.54) is 6.04 Å². The standard InChI is InChI=1S/C7H17O2Si2/c1-7(9-10)8-5-6-11(2,3)4/h7H,5-6H2,1-4H3. The molecule has 0 spiro atoms. The number of rotatable bonds is 5. The van der Waals surface area contributed by atoms with Crippen LogP contribution in [0.4, 0.5) is 0 Å². The third-order valence-corrected chi connectivity index (χ3v) is 3.41. The maximum Gasteiger partial charge on any atom is 0.249 e. The third kappa shape index (κ3) is 8.26. The molecule has 11 heavy (non-hydrogen) atoms. The van der Waals surface area contributed by atoms with Crippen LogP contribution in [0.3, 0.4) is 0 Å². The first kappa shape index (κ1) is 11.4. The quantitative estimate of drug-likeness (QED) is 0.485. The maximum atomic E-state index is 5.33. The van der Waals surface area contributed by atoms with E-state index in [4.69, 9.17) is 9.16 Å². The van der Waals surface area contributed by atoms with E-state index in [9.17, 15) is 0 Å². The van der Waals surface area contributed by atoms with Crippen LogP contribution in [-0.4, -0.2) is 31.5 Å². The van der Waals surface area contributed by atoms with Crippen LogP contribution >= 0.6 is 0 Å². The smallest absolute Gasteiger partial charge is 0.249 e. The Hall–Kier alpha value is 0.354. The minimum Gasteiger partial charge on any atom is -0.394 e. The van der Waals surface area contributed by atoms with Crippen LogP contribution in [0.1, 0.15) is 6.92 Å². The van der Waals surface area contributed by atoms with E-state index < -0.39 is 8.07 Å². The Morgan fingerprint density at radius 2 is 1.91 bits per heavy atom. The molecule has 0 heterocycles. The molecule has 1 atom stereocenters. The second-order valence-corrected chi connectivity index (χ2v) is 9.72. The van der Waals surface area contributed by atoms with Crippen molar-refractivity contribution in [2.45, 2.75) is 38.9 Å². The fourth-order valence-corrected chi connectivity index (χ4v) is 1.36. The van der Waals surface area contributed by atoms with Crippen molar-refractivity contribution >= 4 is 18.6 Å². The highest BCUT2D eigenvalue weighted by atomic mass is 28.3. The first-order valence-electron chi connectivity index (χ1n) is 3.90. The third-order valence-electron chi connectivity index (χ3n) is 1.37. The van der Waals surface area contributed by atoms with E-state index in [0.29, 0.717) is 0 Å². The zero-order chi connectivity index (χ0) is 8.91. The fraction of sp³-hybridized carbons (Fsp3) is 1.00. The van der Waals surface area contributed by atoms with Crippen LogP contribution in [0.5, 0.6) is 0 Å². The summed E-state index contributed by atoms with van der Waals surface area (Å²) in [6.07, 6.45) is -0.136. The molecule has 0 aliphatic carbocycles.